The molecule has 1 aliphatic carbocycles. The molecule has 110 valence electrons. The van der Waals surface area contributed by atoms with Crippen LogP contribution in [0.15, 0.2) is 0 Å². The third-order valence-corrected chi connectivity index (χ3v) is 5.90. The van der Waals surface area contributed by atoms with E-state index in [0.717, 1.165) is 13.0 Å². The first-order chi connectivity index (χ1) is 9.01. The van der Waals surface area contributed by atoms with Gasteiger partial charge in [-0.05, 0) is 38.4 Å². The van der Waals surface area contributed by atoms with Crippen LogP contribution in [-0.4, -0.2) is 40.6 Å². The highest BCUT2D eigenvalue weighted by atomic mass is 32.2. The van der Waals surface area contributed by atoms with Crippen LogP contribution in [0, 0.1) is 5.92 Å². The SMILES string of the molecule is CCC1(C)NC(C2CCCC2)N(CC(C)SC)C1=O. The third-order valence-electron chi connectivity index (χ3n) is 4.94. The number of nitrogens with one attached hydrogen (secondary N) is 1. The Balaban J connectivity index is 2.15. The molecule has 1 heterocycles. The van der Waals surface area contributed by atoms with Crippen molar-refractivity contribution < 1.29 is 4.79 Å². The fourth-order valence-electron chi connectivity index (χ4n) is 3.36. The number of rotatable bonds is 5. The summed E-state index contributed by atoms with van der Waals surface area (Å²) in [4.78, 5) is 14.9. The molecular formula is C15H28N2OS. The Morgan fingerprint density at radius 1 is 1.47 bits per heavy atom. The Morgan fingerprint density at radius 2 is 2.11 bits per heavy atom. The van der Waals surface area contributed by atoms with Crippen LogP contribution in [0.5, 0.6) is 0 Å². The smallest absolute Gasteiger partial charge is 0.243 e. The molecule has 1 N–H and O–H groups in total. The van der Waals surface area contributed by atoms with Gasteiger partial charge in [-0.25, -0.2) is 0 Å². The molecule has 4 heteroatoms. The predicted molar refractivity (Wildman–Crippen MR) is 82.3 cm³/mol. The van der Waals surface area contributed by atoms with Gasteiger partial charge in [-0.3, -0.25) is 10.1 Å². The van der Waals surface area contributed by atoms with Crippen LogP contribution in [0.25, 0.3) is 0 Å². The van der Waals surface area contributed by atoms with Crippen LogP contribution in [0.3, 0.4) is 0 Å². The lowest BCUT2D eigenvalue weighted by Gasteiger charge is -2.30. The van der Waals surface area contributed by atoms with Crippen LogP contribution >= 0.6 is 11.8 Å². The first kappa shape index (κ1) is 15.2. The van der Waals surface area contributed by atoms with Crippen LogP contribution in [-0.2, 0) is 4.79 Å². The molecule has 1 amide bonds. The summed E-state index contributed by atoms with van der Waals surface area (Å²) in [6.45, 7) is 7.27. The Morgan fingerprint density at radius 3 is 2.63 bits per heavy atom. The molecule has 3 nitrogen and oxygen atoms in total. The topological polar surface area (TPSA) is 32.3 Å². The standard InChI is InChI=1S/C15H28N2OS/c1-5-15(3)14(18)17(10-11(2)19-4)13(16-15)12-8-6-7-9-12/h11-13,16H,5-10H2,1-4H3. The zero-order valence-electron chi connectivity index (χ0n) is 12.7. The largest absolute Gasteiger partial charge is 0.324 e. The fraction of sp³-hybridized carbons (Fsp3) is 0.933. The molecule has 0 aromatic rings. The second-order valence-electron chi connectivity index (χ2n) is 6.32. The molecule has 19 heavy (non-hydrogen) atoms. The van der Waals surface area contributed by atoms with Crippen molar-refractivity contribution in [3.63, 3.8) is 0 Å². The van der Waals surface area contributed by atoms with Gasteiger partial charge in [0.1, 0.15) is 0 Å². The summed E-state index contributed by atoms with van der Waals surface area (Å²) in [5.74, 6) is 0.971. The van der Waals surface area contributed by atoms with E-state index in [2.05, 4.69) is 37.2 Å². The lowest BCUT2D eigenvalue weighted by atomic mass is 9.99. The molecule has 1 aliphatic heterocycles. The van der Waals surface area contributed by atoms with E-state index in [4.69, 9.17) is 0 Å². The Hall–Kier alpha value is -0.220. The molecule has 2 aliphatic rings. The molecule has 0 spiro atoms. The third kappa shape index (κ3) is 2.94. The molecule has 0 aromatic carbocycles. The van der Waals surface area contributed by atoms with Gasteiger partial charge in [0.15, 0.2) is 0 Å². The van der Waals surface area contributed by atoms with Crippen LogP contribution in [0.4, 0.5) is 0 Å². The normalized spacial score (nSPS) is 34.2. The van der Waals surface area contributed by atoms with E-state index in [1.54, 1.807) is 0 Å². The highest BCUT2D eigenvalue weighted by molar-refractivity contribution is 7.99. The molecular weight excluding hydrogens is 256 g/mol. The lowest BCUT2D eigenvalue weighted by Crippen LogP contribution is -2.46. The maximum atomic E-state index is 12.7. The minimum Gasteiger partial charge on any atom is -0.324 e. The second-order valence-corrected chi connectivity index (χ2v) is 7.60. The number of nitrogens with zero attached hydrogens (tertiary/aromatic N) is 1. The Bertz CT molecular complexity index is 330. The van der Waals surface area contributed by atoms with Crippen molar-refractivity contribution >= 4 is 17.7 Å². The van der Waals surface area contributed by atoms with E-state index in [1.807, 2.05) is 11.8 Å². The summed E-state index contributed by atoms with van der Waals surface area (Å²) in [7, 11) is 0. The molecule has 3 unspecified atom stereocenters. The van der Waals surface area contributed by atoms with Crippen molar-refractivity contribution in [2.24, 2.45) is 5.92 Å². The minimum atomic E-state index is -0.342. The zero-order valence-corrected chi connectivity index (χ0v) is 13.6. The van der Waals surface area contributed by atoms with Crippen LogP contribution in [0.2, 0.25) is 0 Å². The molecule has 0 radical (unpaired) electrons. The quantitative estimate of drug-likeness (QED) is 0.842. The predicted octanol–water partition coefficient (Wildman–Crippen LogP) is 2.85. The second kappa shape index (κ2) is 6.04. The number of amides is 1. The molecule has 1 saturated heterocycles. The first-order valence-corrected chi connectivity index (χ1v) is 8.92. The first-order valence-electron chi connectivity index (χ1n) is 7.63. The average molecular weight is 284 g/mol. The van der Waals surface area contributed by atoms with Gasteiger partial charge in [0, 0.05) is 11.8 Å². The molecule has 0 aromatic heterocycles. The molecule has 2 fully saturated rings. The molecule has 3 atom stereocenters. The Labute approximate surface area is 121 Å². The van der Waals surface area contributed by atoms with E-state index in [9.17, 15) is 4.79 Å². The average Bonchev–Trinajstić information content (AvgIpc) is 3.01. The summed E-state index contributed by atoms with van der Waals surface area (Å²) < 4.78 is 0. The number of hydrogen-bond donors (Lipinski definition) is 1. The van der Waals surface area contributed by atoms with Crippen molar-refractivity contribution in [3.8, 4) is 0 Å². The van der Waals surface area contributed by atoms with Crippen molar-refractivity contribution in [2.45, 2.75) is 69.8 Å². The van der Waals surface area contributed by atoms with Gasteiger partial charge in [0.25, 0.3) is 0 Å². The summed E-state index contributed by atoms with van der Waals surface area (Å²) in [6.07, 6.45) is 8.47. The van der Waals surface area contributed by atoms with Crippen molar-refractivity contribution in [1.82, 2.24) is 10.2 Å². The number of thioether (sulfide) groups is 1. The summed E-state index contributed by atoms with van der Waals surface area (Å²) in [5.41, 5.74) is -0.342. The summed E-state index contributed by atoms with van der Waals surface area (Å²) >= 11 is 1.84. The van der Waals surface area contributed by atoms with Gasteiger partial charge < -0.3 is 4.90 Å². The van der Waals surface area contributed by atoms with Crippen molar-refractivity contribution in [1.29, 1.82) is 0 Å². The van der Waals surface area contributed by atoms with Crippen LogP contribution < -0.4 is 5.32 Å². The van der Waals surface area contributed by atoms with Gasteiger partial charge in [-0.15, -0.1) is 0 Å². The van der Waals surface area contributed by atoms with E-state index >= 15 is 0 Å². The van der Waals surface area contributed by atoms with Gasteiger partial charge in [0.2, 0.25) is 5.91 Å². The number of carbonyl (C=O) groups excluding carboxylic acids is 1. The van der Waals surface area contributed by atoms with E-state index < -0.39 is 0 Å². The zero-order chi connectivity index (χ0) is 14.0. The lowest BCUT2D eigenvalue weighted by molar-refractivity contribution is -0.133. The van der Waals surface area contributed by atoms with Crippen molar-refractivity contribution in [2.75, 3.05) is 12.8 Å². The maximum Gasteiger partial charge on any atom is 0.243 e. The van der Waals surface area contributed by atoms with Crippen molar-refractivity contribution in [3.05, 3.63) is 0 Å². The maximum absolute atomic E-state index is 12.7. The summed E-state index contributed by atoms with van der Waals surface area (Å²) in [5, 5.41) is 4.16. The minimum absolute atomic E-state index is 0.273. The van der Waals surface area contributed by atoms with E-state index in [1.165, 1.54) is 25.7 Å². The molecule has 2 rings (SSSR count). The van der Waals surface area contributed by atoms with Gasteiger partial charge in [0.05, 0.1) is 11.7 Å². The highest BCUT2D eigenvalue weighted by Gasteiger charge is 2.49. The van der Waals surface area contributed by atoms with E-state index in [-0.39, 0.29) is 11.7 Å². The fourth-order valence-corrected chi connectivity index (χ4v) is 3.67. The molecule has 1 saturated carbocycles. The summed E-state index contributed by atoms with van der Waals surface area (Å²) in [6, 6.07) is 0. The van der Waals surface area contributed by atoms with E-state index in [0.29, 0.717) is 17.1 Å². The van der Waals surface area contributed by atoms with Gasteiger partial charge in [-0.2, -0.15) is 11.8 Å². The number of hydrogen-bond acceptors (Lipinski definition) is 3. The number of carbonyl (C=O) groups is 1. The Kier molecular flexibility index (Phi) is 4.83. The molecule has 0 bridgehead atoms. The monoisotopic (exact) mass is 284 g/mol. The van der Waals surface area contributed by atoms with Gasteiger partial charge >= 0.3 is 0 Å². The van der Waals surface area contributed by atoms with Gasteiger partial charge in [-0.1, -0.05) is 26.7 Å². The highest BCUT2D eigenvalue weighted by Crippen LogP contribution is 2.35. The van der Waals surface area contributed by atoms with Crippen LogP contribution in [0.1, 0.15) is 52.9 Å².